The number of nitrogens with zero attached hydrogens (tertiary/aromatic N) is 2. The smallest absolute Gasteiger partial charge is 0.360 e. The molecule has 0 fully saturated rings. The van der Waals surface area contributed by atoms with Crippen LogP contribution in [0.25, 0.3) is 6.08 Å². The highest BCUT2D eigenvalue weighted by atomic mass is 16.6. The summed E-state index contributed by atoms with van der Waals surface area (Å²) in [6.45, 7) is 10.8. The van der Waals surface area contributed by atoms with Crippen LogP contribution in [0.4, 0.5) is 0 Å². The molecular formula is C44H58N2O11. The van der Waals surface area contributed by atoms with Crippen LogP contribution >= 0.6 is 0 Å². The summed E-state index contributed by atoms with van der Waals surface area (Å²) in [5.74, 6) is -1.04. The van der Waals surface area contributed by atoms with Crippen LogP contribution in [0, 0.1) is 10.8 Å². The topological polar surface area (TPSA) is 184 Å². The molecule has 4 bridgehead atoms. The lowest BCUT2D eigenvalue weighted by atomic mass is 9.79. The molecule has 0 aromatic carbocycles. The SMILES string of the molecule is C/C=C/C(O)C(C)(C)C1C\C=C/C=C\C=C/C(OC)Cc2nc(co2)C(=O)OC(C(C)(C)C(O)/C=C/C)C/C=C\C(O)C(OC)/C=C\C=C/c2nc(co2)C(=O)O1. The van der Waals surface area contributed by atoms with Gasteiger partial charge in [-0.1, -0.05) is 119 Å². The number of ether oxygens (including phenoxy) is 4. The average Bonchev–Trinajstić information content (AvgIpc) is 3.86. The monoisotopic (exact) mass is 790 g/mol. The summed E-state index contributed by atoms with van der Waals surface area (Å²) in [4.78, 5) is 35.2. The predicted octanol–water partition coefficient (Wildman–Crippen LogP) is 6.86. The van der Waals surface area contributed by atoms with Crippen molar-refractivity contribution in [2.45, 2.75) is 104 Å². The van der Waals surface area contributed by atoms with Gasteiger partial charge in [0.25, 0.3) is 0 Å². The number of hydrogen-bond donors (Lipinski definition) is 3. The summed E-state index contributed by atoms with van der Waals surface area (Å²) in [6, 6.07) is 0. The first-order chi connectivity index (χ1) is 27.2. The normalized spacial score (nSPS) is 27.2. The number of esters is 2. The largest absolute Gasteiger partial charge is 0.457 e. The van der Waals surface area contributed by atoms with Gasteiger partial charge in [-0.3, -0.25) is 0 Å². The maximum atomic E-state index is 13.4. The Labute approximate surface area is 335 Å². The molecule has 2 aromatic heterocycles. The second-order valence-corrected chi connectivity index (χ2v) is 14.6. The van der Waals surface area contributed by atoms with Crippen LogP contribution in [0.3, 0.4) is 0 Å². The van der Waals surface area contributed by atoms with E-state index in [1.165, 1.54) is 31.8 Å². The van der Waals surface area contributed by atoms with Crippen LogP contribution in [-0.4, -0.2) is 94.2 Å². The highest BCUT2D eigenvalue weighted by Crippen LogP contribution is 2.33. The van der Waals surface area contributed by atoms with Crippen molar-refractivity contribution in [1.29, 1.82) is 0 Å². The Morgan fingerprint density at radius 1 is 0.737 bits per heavy atom. The molecule has 0 spiro atoms. The van der Waals surface area contributed by atoms with Gasteiger partial charge in [0, 0.05) is 44.0 Å². The van der Waals surface area contributed by atoms with Crippen molar-refractivity contribution < 1.29 is 52.7 Å². The number of fused-ring (bicyclic) bond motifs is 4. The zero-order valence-corrected chi connectivity index (χ0v) is 34.1. The Morgan fingerprint density at radius 3 is 1.89 bits per heavy atom. The molecule has 0 saturated carbocycles. The molecular weight excluding hydrogens is 732 g/mol. The highest BCUT2D eigenvalue weighted by molar-refractivity contribution is 5.87. The van der Waals surface area contributed by atoms with Crippen LogP contribution in [0.5, 0.6) is 0 Å². The zero-order chi connectivity index (χ0) is 42.0. The van der Waals surface area contributed by atoms with Gasteiger partial charge in [0.1, 0.15) is 36.9 Å². The molecule has 13 nitrogen and oxygen atoms in total. The second-order valence-electron chi connectivity index (χ2n) is 14.6. The van der Waals surface area contributed by atoms with E-state index in [2.05, 4.69) is 9.97 Å². The number of aliphatic hydroxyl groups excluding tert-OH is 3. The quantitative estimate of drug-likeness (QED) is 0.186. The lowest BCUT2D eigenvalue weighted by Crippen LogP contribution is -2.42. The number of methoxy groups -OCH3 is 2. The van der Waals surface area contributed by atoms with Gasteiger partial charge in [0.05, 0.1) is 24.7 Å². The summed E-state index contributed by atoms with van der Waals surface area (Å²) in [6.07, 6.45) is 24.5. The standard InChI is InChI=1S/C44H58N2O11/c1-9-19-35(48)43(3,4)37-24-15-13-11-12-14-21-30(52-7)27-40-46-32(29-55-40)42(51)57-38(44(5,6)36(49)20-10-2)25-18-22-33(47)34(53-8)23-16-17-26-39-45-31(28-54-39)41(50)56-37/h9-23,26,28-30,33-38,47-49H,24-25,27H2,1-8H3/b12-11-,15-13-,19-9+,20-10+,21-14-,22-18-,23-16-,26-17-. The minimum Gasteiger partial charge on any atom is -0.457 e. The van der Waals surface area contributed by atoms with Crippen molar-refractivity contribution in [1.82, 2.24) is 9.97 Å². The number of carbonyl (C=O) groups excluding carboxylic acids is 2. The van der Waals surface area contributed by atoms with Crippen molar-refractivity contribution in [3.05, 3.63) is 127 Å². The first-order valence-corrected chi connectivity index (χ1v) is 18.9. The molecule has 0 saturated heterocycles. The number of rotatable bonds is 8. The van der Waals surface area contributed by atoms with Crippen LogP contribution in [0.15, 0.2) is 113 Å². The number of carbonyl (C=O) groups is 2. The number of oxazole rings is 2. The molecule has 13 heteroatoms. The molecule has 310 valence electrons. The van der Waals surface area contributed by atoms with Gasteiger partial charge in [-0.15, -0.1) is 0 Å². The summed E-state index contributed by atoms with van der Waals surface area (Å²) in [7, 11) is 2.99. The van der Waals surface area contributed by atoms with E-state index in [0.717, 1.165) is 0 Å². The molecule has 0 aliphatic carbocycles. The van der Waals surface area contributed by atoms with Crippen LogP contribution in [-0.2, 0) is 25.4 Å². The molecule has 2 aromatic rings. The van der Waals surface area contributed by atoms with Crippen LogP contribution in [0.1, 0.15) is 87.1 Å². The van der Waals surface area contributed by atoms with Crippen molar-refractivity contribution in [3.63, 3.8) is 0 Å². The van der Waals surface area contributed by atoms with Gasteiger partial charge in [-0.25, -0.2) is 19.6 Å². The summed E-state index contributed by atoms with van der Waals surface area (Å²) in [5, 5.41) is 32.8. The van der Waals surface area contributed by atoms with Gasteiger partial charge >= 0.3 is 11.9 Å². The minimum absolute atomic E-state index is 0.0389. The third-order valence-corrected chi connectivity index (χ3v) is 9.69. The Hall–Kier alpha value is -4.92. The summed E-state index contributed by atoms with van der Waals surface area (Å²) in [5.41, 5.74) is -1.88. The highest BCUT2D eigenvalue weighted by Gasteiger charge is 2.39. The van der Waals surface area contributed by atoms with Crippen molar-refractivity contribution in [2.75, 3.05) is 14.2 Å². The van der Waals surface area contributed by atoms with Gasteiger partial charge in [-0.2, -0.15) is 0 Å². The fraction of sp³-hybridized carbons (Fsp3) is 0.455. The van der Waals surface area contributed by atoms with Crippen molar-refractivity contribution >= 4 is 18.0 Å². The van der Waals surface area contributed by atoms with E-state index in [1.54, 1.807) is 114 Å². The summed E-state index contributed by atoms with van der Waals surface area (Å²) >= 11 is 0. The average molecular weight is 791 g/mol. The second kappa shape index (κ2) is 22.7. The summed E-state index contributed by atoms with van der Waals surface area (Å²) < 4.78 is 34.0. The Bertz CT molecular complexity index is 1810. The Morgan fingerprint density at radius 2 is 1.30 bits per heavy atom. The van der Waals surface area contributed by atoms with Crippen LogP contribution in [0.2, 0.25) is 0 Å². The van der Waals surface area contributed by atoms with E-state index < -0.39 is 65.5 Å². The number of allylic oxidation sites excluding steroid dienone is 8. The number of hydrogen-bond acceptors (Lipinski definition) is 13. The number of cyclic esters (lactones) is 2. The lowest BCUT2D eigenvalue weighted by molar-refractivity contribution is -0.0462. The van der Waals surface area contributed by atoms with E-state index in [9.17, 15) is 24.9 Å². The lowest BCUT2D eigenvalue weighted by Gasteiger charge is -2.36. The number of aromatic nitrogens is 2. The van der Waals surface area contributed by atoms with E-state index >= 15 is 0 Å². The molecule has 1 aliphatic heterocycles. The van der Waals surface area contributed by atoms with E-state index in [-0.39, 0.29) is 36.0 Å². The molecule has 1 aliphatic rings. The van der Waals surface area contributed by atoms with Crippen LogP contribution < -0.4 is 0 Å². The van der Waals surface area contributed by atoms with Gasteiger partial charge in [0.15, 0.2) is 17.3 Å². The molecule has 57 heavy (non-hydrogen) atoms. The fourth-order valence-electron chi connectivity index (χ4n) is 5.68. The maximum Gasteiger partial charge on any atom is 0.360 e. The third kappa shape index (κ3) is 13.9. The maximum absolute atomic E-state index is 13.4. The molecule has 7 unspecified atom stereocenters. The third-order valence-electron chi connectivity index (χ3n) is 9.69. The molecule has 0 amide bonds. The van der Waals surface area contributed by atoms with Crippen molar-refractivity contribution in [3.8, 4) is 0 Å². The molecule has 3 N–H and O–H groups in total. The molecule has 7 atom stereocenters. The Balaban J connectivity index is 1.96. The minimum atomic E-state index is -1.09. The van der Waals surface area contributed by atoms with E-state index in [4.69, 9.17) is 27.8 Å². The predicted molar refractivity (Wildman–Crippen MR) is 216 cm³/mol. The van der Waals surface area contributed by atoms with Gasteiger partial charge in [0.2, 0.25) is 5.89 Å². The zero-order valence-electron chi connectivity index (χ0n) is 34.1. The van der Waals surface area contributed by atoms with Crippen molar-refractivity contribution in [2.24, 2.45) is 10.8 Å². The molecule has 0 radical (unpaired) electrons. The molecule has 3 heterocycles. The first-order valence-electron chi connectivity index (χ1n) is 18.9. The number of aliphatic hydroxyl groups is 3. The molecule has 3 rings (SSSR count). The Kier molecular flexibility index (Phi) is 18.5. The van der Waals surface area contributed by atoms with E-state index in [1.807, 2.05) is 19.9 Å². The van der Waals surface area contributed by atoms with Gasteiger partial charge < -0.3 is 43.1 Å². The first kappa shape index (κ1) is 46.5. The van der Waals surface area contributed by atoms with Gasteiger partial charge in [-0.05, 0) is 13.8 Å². The fourth-order valence-corrected chi connectivity index (χ4v) is 5.68. The van der Waals surface area contributed by atoms with E-state index in [0.29, 0.717) is 6.42 Å².